The van der Waals surface area contributed by atoms with Gasteiger partial charge in [-0.1, -0.05) is 0 Å². The molecule has 1 aliphatic rings. The van der Waals surface area contributed by atoms with Crippen LogP contribution in [0.2, 0.25) is 0 Å². The van der Waals surface area contributed by atoms with Gasteiger partial charge in [0, 0.05) is 18.9 Å². The van der Waals surface area contributed by atoms with Crippen LogP contribution in [0.25, 0.3) is 0 Å². The number of hydrogen-bond acceptors (Lipinski definition) is 7. The van der Waals surface area contributed by atoms with Crippen molar-refractivity contribution in [2.75, 3.05) is 0 Å². The quantitative estimate of drug-likeness (QED) is 0.629. The summed E-state index contributed by atoms with van der Waals surface area (Å²) in [4.78, 5) is 42.5. The molecule has 0 aliphatic carbocycles. The Morgan fingerprint density at radius 2 is 2.00 bits per heavy atom. The van der Waals surface area contributed by atoms with E-state index in [1.807, 2.05) is 0 Å². The van der Waals surface area contributed by atoms with Gasteiger partial charge in [-0.15, -0.1) is 5.06 Å². The van der Waals surface area contributed by atoms with E-state index in [9.17, 15) is 19.5 Å². The fourth-order valence-corrected chi connectivity index (χ4v) is 1.62. The van der Waals surface area contributed by atoms with Crippen molar-refractivity contribution in [1.82, 2.24) is 5.06 Å². The number of phenolic OH excluding ortho intramolecular Hbond substituents is 1. The van der Waals surface area contributed by atoms with Crippen LogP contribution in [0.5, 0.6) is 5.75 Å². The zero-order chi connectivity index (χ0) is 14.7. The molecule has 1 aromatic rings. The van der Waals surface area contributed by atoms with Crippen LogP contribution in [-0.2, 0) is 14.4 Å². The highest BCUT2D eigenvalue weighted by Gasteiger charge is 2.33. The number of benzene rings is 1. The highest BCUT2D eigenvalue weighted by atomic mass is 16.7. The zero-order valence-corrected chi connectivity index (χ0v) is 10.1. The van der Waals surface area contributed by atoms with Gasteiger partial charge >= 0.3 is 5.97 Å². The summed E-state index contributed by atoms with van der Waals surface area (Å²) in [6, 6.07) is 5.47. The molecule has 2 amide bonds. The molecule has 0 saturated carbocycles. The van der Waals surface area contributed by atoms with Gasteiger partial charge in [0.05, 0.1) is 11.7 Å². The van der Waals surface area contributed by atoms with Crippen LogP contribution in [0, 0.1) is 5.41 Å². The minimum atomic E-state index is -1.03. The summed E-state index contributed by atoms with van der Waals surface area (Å²) in [6.07, 6.45) is -0.0177. The summed E-state index contributed by atoms with van der Waals surface area (Å²) < 4.78 is 0. The molecule has 2 rings (SSSR count). The topological polar surface area (TPSA) is 120 Å². The molecule has 1 saturated heterocycles. The summed E-state index contributed by atoms with van der Waals surface area (Å²) >= 11 is 0. The standard InChI is InChI=1S/C12H9N3O5/c13-6-14-7-1-2-8(9(16)5-7)12(19)20-15-10(17)3-4-11(15)18/h1-2,5,13,16H,3-4H2. The van der Waals surface area contributed by atoms with Crippen molar-refractivity contribution in [2.24, 2.45) is 4.99 Å². The summed E-state index contributed by atoms with van der Waals surface area (Å²) in [6.45, 7) is 0. The molecule has 1 aromatic carbocycles. The molecule has 0 spiro atoms. The number of rotatable bonds is 3. The van der Waals surface area contributed by atoms with Gasteiger partial charge in [-0.25, -0.2) is 10.2 Å². The lowest BCUT2D eigenvalue weighted by Gasteiger charge is -2.13. The second kappa shape index (κ2) is 5.33. The summed E-state index contributed by atoms with van der Waals surface area (Å²) in [5, 5.41) is 16.7. The van der Waals surface area contributed by atoms with E-state index in [0.717, 1.165) is 6.07 Å². The lowest BCUT2D eigenvalue weighted by molar-refractivity contribution is -0.172. The Labute approximate surface area is 112 Å². The van der Waals surface area contributed by atoms with Crippen molar-refractivity contribution < 1.29 is 24.3 Å². The first kappa shape index (κ1) is 13.4. The van der Waals surface area contributed by atoms with Crippen LogP contribution in [0.1, 0.15) is 23.2 Å². The number of carbonyl (C=O) groups is 3. The second-order valence-corrected chi connectivity index (χ2v) is 3.89. The molecule has 20 heavy (non-hydrogen) atoms. The molecule has 0 radical (unpaired) electrons. The average molecular weight is 275 g/mol. The van der Waals surface area contributed by atoms with E-state index in [-0.39, 0.29) is 24.1 Å². The Morgan fingerprint density at radius 3 is 2.55 bits per heavy atom. The molecule has 0 bridgehead atoms. The van der Waals surface area contributed by atoms with E-state index in [2.05, 4.69) is 9.83 Å². The first-order valence-electron chi connectivity index (χ1n) is 5.56. The summed E-state index contributed by atoms with van der Waals surface area (Å²) in [5.74, 6) is -2.68. The molecular weight excluding hydrogens is 266 g/mol. The van der Waals surface area contributed by atoms with E-state index in [0.29, 0.717) is 5.06 Å². The van der Waals surface area contributed by atoms with E-state index >= 15 is 0 Å². The van der Waals surface area contributed by atoms with E-state index in [1.54, 1.807) is 6.01 Å². The highest BCUT2D eigenvalue weighted by molar-refractivity contribution is 6.03. The van der Waals surface area contributed by atoms with Crippen molar-refractivity contribution in [3.8, 4) is 5.75 Å². The zero-order valence-electron chi connectivity index (χ0n) is 10.1. The highest BCUT2D eigenvalue weighted by Crippen LogP contribution is 2.25. The number of hydroxylamine groups is 2. The first-order chi connectivity index (χ1) is 9.52. The number of nitrogens with one attached hydrogen (secondary N) is 1. The second-order valence-electron chi connectivity index (χ2n) is 3.89. The number of aromatic hydroxyl groups is 1. The molecule has 102 valence electrons. The number of aliphatic imine (C=N–C) groups is 1. The largest absolute Gasteiger partial charge is 0.507 e. The average Bonchev–Trinajstić information content (AvgIpc) is 2.71. The normalized spacial score (nSPS) is 14.1. The Morgan fingerprint density at radius 1 is 1.35 bits per heavy atom. The van der Waals surface area contributed by atoms with E-state index in [1.165, 1.54) is 12.1 Å². The van der Waals surface area contributed by atoms with Crippen molar-refractivity contribution in [3.63, 3.8) is 0 Å². The minimum Gasteiger partial charge on any atom is -0.507 e. The molecule has 1 heterocycles. The first-order valence-corrected chi connectivity index (χ1v) is 5.56. The van der Waals surface area contributed by atoms with Crippen molar-refractivity contribution in [1.29, 1.82) is 5.41 Å². The lowest BCUT2D eigenvalue weighted by atomic mass is 10.2. The van der Waals surface area contributed by atoms with Gasteiger partial charge in [0.25, 0.3) is 11.8 Å². The summed E-state index contributed by atoms with van der Waals surface area (Å²) in [5.41, 5.74) is 0.00352. The van der Waals surface area contributed by atoms with Gasteiger partial charge < -0.3 is 9.94 Å². The number of nitrogens with zero attached hydrogens (tertiary/aromatic N) is 2. The maximum atomic E-state index is 11.8. The van der Waals surface area contributed by atoms with Crippen molar-refractivity contribution >= 4 is 29.5 Å². The van der Waals surface area contributed by atoms with Gasteiger partial charge in [-0.05, 0) is 12.1 Å². The maximum Gasteiger partial charge on any atom is 0.367 e. The van der Waals surface area contributed by atoms with Gasteiger partial charge in [-0.3, -0.25) is 9.59 Å². The number of phenols is 1. The number of hydrogen-bond donors (Lipinski definition) is 2. The smallest absolute Gasteiger partial charge is 0.367 e. The molecule has 0 atom stereocenters. The predicted octanol–water partition coefficient (Wildman–Crippen LogP) is 0.997. The fourth-order valence-electron chi connectivity index (χ4n) is 1.62. The Bertz CT molecular complexity index is 632. The van der Waals surface area contributed by atoms with E-state index in [4.69, 9.17) is 5.41 Å². The van der Waals surface area contributed by atoms with Gasteiger partial charge in [-0.2, -0.15) is 4.99 Å². The van der Waals surface area contributed by atoms with Gasteiger partial charge in [0.15, 0.2) is 0 Å². The number of amides is 2. The van der Waals surface area contributed by atoms with Gasteiger partial charge in [0.2, 0.25) is 0 Å². The third-order valence-electron chi connectivity index (χ3n) is 2.57. The van der Waals surface area contributed by atoms with Crippen LogP contribution >= 0.6 is 0 Å². The fraction of sp³-hybridized carbons (Fsp3) is 0.167. The molecule has 0 aromatic heterocycles. The summed E-state index contributed by atoms with van der Waals surface area (Å²) in [7, 11) is 0. The lowest BCUT2D eigenvalue weighted by Crippen LogP contribution is -2.32. The van der Waals surface area contributed by atoms with E-state index < -0.39 is 23.5 Å². The molecule has 0 unspecified atom stereocenters. The number of imide groups is 1. The molecule has 8 heteroatoms. The third-order valence-corrected chi connectivity index (χ3v) is 2.57. The third kappa shape index (κ3) is 2.55. The van der Waals surface area contributed by atoms with Gasteiger partial charge in [0.1, 0.15) is 11.3 Å². The van der Waals surface area contributed by atoms with Crippen LogP contribution in [0.15, 0.2) is 23.2 Å². The molecule has 8 nitrogen and oxygen atoms in total. The van der Waals surface area contributed by atoms with Crippen LogP contribution < -0.4 is 0 Å². The molecule has 1 aliphatic heterocycles. The minimum absolute atomic E-state index is 0.00885. The van der Waals surface area contributed by atoms with Crippen LogP contribution in [-0.4, -0.2) is 34.0 Å². The SMILES string of the molecule is N=C=Nc1ccc(C(=O)ON2C(=O)CCC2=O)c(O)c1. The number of carbonyl (C=O) groups excluding carboxylic acids is 3. The van der Waals surface area contributed by atoms with Crippen molar-refractivity contribution in [3.05, 3.63) is 23.8 Å². The molecular formula is C12H9N3O5. The molecule has 1 fully saturated rings. The Kier molecular flexibility index (Phi) is 3.58. The van der Waals surface area contributed by atoms with Crippen LogP contribution in [0.4, 0.5) is 5.69 Å². The Hall–Kier alpha value is -2.99. The van der Waals surface area contributed by atoms with Crippen LogP contribution in [0.3, 0.4) is 0 Å². The monoisotopic (exact) mass is 275 g/mol. The Balaban J connectivity index is 2.19. The van der Waals surface area contributed by atoms with Crippen molar-refractivity contribution in [2.45, 2.75) is 12.8 Å². The maximum absolute atomic E-state index is 11.8. The predicted molar refractivity (Wildman–Crippen MR) is 64.4 cm³/mol. The molecule has 2 N–H and O–H groups in total.